The summed E-state index contributed by atoms with van der Waals surface area (Å²) in [6.45, 7) is 14.1. The van der Waals surface area contributed by atoms with Crippen LogP contribution in [-0.2, 0) is 19.1 Å². The average molecular weight is 431 g/mol. The lowest BCUT2D eigenvalue weighted by molar-refractivity contribution is -0.123. The summed E-state index contributed by atoms with van der Waals surface area (Å²) in [5, 5.41) is 2.76. The molecule has 0 bridgehead atoms. The zero-order valence-corrected chi connectivity index (χ0v) is 20.7. The Labute approximate surface area is 186 Å². The molecule has 1 aliphatic carbocycles. The van der Waals surface area contributed by atoms with Crippen LogP contribution in [0.4, 0.5) is 0 Å². The van der Waals surface area contributed by atoms with E-state index in [1.54, 1.807) is 0 Å². The molecule has 0 aromatic rings. The number of nitrogens with one attached hydrogen (secondary N) is 1. The lowest BCUT2D eigenvalue weighted by Crippen LogP contribution is -2.25. The van der Waals surface area contributed by atoms with Gasteiger partial charge >= 0.3 is 0 Å². The first-order valence-corrected chi connectivity index (χ1v) is 12.2. The molecule has 0 radical (unpaired) electrons. The maximum atomic E-state index is 11.2. The van der Waals surface area contributed by atoms with E-state index in [1.807, 2.05) is 34.6 Å². The summed E-state index contributed by atoms with van der Waals surface area (Å²) in [5.74, 6) is 0.524. The van der Waals surface area contributed by atoms with Crippen molar-refractivity contribution in [1.29, 1.82) is 0 Å². The molecule has 2 amide bonds. The fourth-order valence-corrected chi connectivity index (χ4v) is 2.87. The van der Waals surface area contributed by atoms with Gasteiger partial charge in [-0.15, -0.1) is 0 Å². The third kappa shape index (κ3) is 24.6. The van der Waals surface area contributed by atoms with Crippen molar-refractivity contribution in [1.82, 2.24) is 5.32 Å². The van der Waals surface area contributed by atoms with E-state index in [0.717, 1.165) is 38.7 Å². The summed E-state index contributed by atoms with van der Waals surface area (Å²) in [4.78, 5) is 32.8. The van der Waals surface area contributed by atoms with Crippen LogP contribution in [0.3, 0.4) is 0 Å². The van der Waals surface area contributed by atoms with E-state index in [0.29, 0.717) is 37.7 Å². The molecular formula is C24H50N2O4. The highest BCUT2D eigenvalue weighted by Gasteiger charge is 2.18. The Morgan fingerprint density at radius 2 is 1.50 bits per heavy atom. The first-order chi connectivity index (χ1) is 14.5. The number of nitrogens with two attached hydrogens (primary N) is 1. The molecule has 1 saturated carbocycles. The molecule has 0 atom stereocenters. The molecule has 0 saturated heterocycles. The highest BCUT2D eigenvalue weighted by molar-refractivity contribution is 5.80. The maximum Gasteiger partial charge on any atom is 0.220 e. The normalized spacial score (nSPS) is 12.7. The van der Waals surface area contributed by atoms with Gasteiger partial charge < -0.3 is 15.8 Å². The van der Waals surface area contributed by atoms with Crippen LogP contribution in [0.5, 0.6) is 0 Å². The lowest BCUT2D eigenvalue weighted by atomic mass is 9.85. The Morgan fingerprint density at radius 1 is 0.900 bits per heavy atom. The molecule has 1 fully saturated rings. The third-order valence-electron chi connectivity index (χ3n) is 4.37. The van der Waals surface area contributed by atoms with E-state index in [1.165, 1.54) is 19.3 Å². The highest BCUT2D eigenvalue weighted by Crippen LogP contribution is 2.24. The van der Waals surface area contributed by atoms with E-state index in [2.05, 4.69) is 12.2 Å². The molecule has 0 heterocycles. The molecule has 0 aromatic carbocycles. The lowest BCUT2D eigenvalue weighted by Gasteiger charge is -2.19. The molecule has 1 aliphatic rings. The Kier molecular flexibility index (Phi) is 30.5. The Bertz CT molecular complexity index is 395. The second kappa shape index (κ2) is 27.6. The number of carbonyl (C=O) groups is 3. The summed E-state index contributed by atoms with van der Waals surface area (Å²) in [7, 11) is 0. The summed E-state index contributed by atoms with van der Waals surface area (Å²) in [6, 6.07) is 0. The molecule has 0 aromatic heterocycles. The monoisotopic (exact) mass is 430 g/mol. The molecule has 1 rings (SSSR count). The van der Waals surface area contributed by atoms with Crippen molar-refractivity contribution in [2.75, 3.05) is 19.8 Å². The topological polar surface area (TPSA) is 98.5 Å². The van der Waals surface area contributed by atoms with Crippen molar-refractivity contribution in [2.24, 2.45) is 11.7 Å². The van der Waals surface area contributed by atoms with Crippen LogP contribution in [0.25, 0.3) is 0 Å². The predicted molar refractivity (Wildman–Crippen MR) is 126 cm³/mol. The number of ketones is 1. The molecule has 180 valence electrons. The fraction of sp³-hybridized carbons (Fsp3) is 0.875. The van der Waals surface area contributed by atoms with Gasteiger partial charge in [0.25, 0.3) is 0 Å². The quantitative estimate of drug-likeness (QED) is 0.417. The minimum Gasteiger partial charge on any atom is -0.381 e. The number of carbonyl (C=O) groups excluding carboxylic acids is 3. The van der Waals surface area contributed by atoms with Gasteiger partial charge in [0.1, 0.15) is 5.78 Å². The first kappa shape index (κ1) is 33.2. The maximum absolute atomic E-state index is 11.2. The van der Waals surface area contributed by atoms with Crippen molar-refractivity contribution >= 4 is 17.6 Å². The molecule has 0 spiro atoms. The standard InChI is InChI=1S/C11H22N2O3.C9H16O.2C2H6/c1-2-8-16-9-4-7-13-11(15)6-3-5-10(12)14;1-2-9(10)8-6-4-3-5-7-8;2*1-2/h2-9H2,1H3,(H2,12,14)(H,13,15);8H,2-7H2,1H3;2*1-2H3. The van der Waals surface area contributed by atoms with Crippen molar-refractivity contribution < 1.29 is 19.1 Å². The van der Waals surface area contributed by atoms with Gasteiger partial charge in [0.2, 0.25) is 11.8 Å². The van der Waals surface area contributed by atoms with Crippen molar-refractivity contribution in [3.8, 4) is 0 Å². The van der Waals surface area contributed by atoms with E-state index < -0.39 is 0 Å². The van der Waals surface area contributed by atoms with E-state index in [9.17, 15) is 14.4 Å². The molecule has 0 aliphatic heterocycles. The zero-order chi connectivity index (χ0) is 23.6. The van der Waals surface area contributed by atoms with Crippen LogP contribution in [0.2, 0.25) is 0 Å². The number of Topliss-reactive ketones (excluding diaryl/α,β-unsaturated/α-hetero) is 1. The van der Waals surface area contributed by atoms with Crippen LogP contribution in [0, 0.1) is 5.92 Å². The second-order valence-corrected chi connectivity index (χ2v) is 6.79. The van der Waals surface area contributed by atoms with Gasteiger partial charge in [0.05, 0.1) is 0 Å². The van der Waals surface area contributed by atoms with Gasteiger partial charge in [-0.2, -0.15) is 0 Å². The molecule has 3 N–H and O–H groups in total. The van der Waals surface area contributed by atoms with Crippen LogP contribution in [0.1, 0.15) is 112 Å². The van der Waals surface area contributed by atoms with Gasteiger partial charge in [-0.3, -0.25) is 14.4 Å². The minimum absolute atomic E-state index is 0.0308. The van der Waals surface area contributed by atoms with Gasteiger partial charge in [0.15, 0.2) is 0 Å². The Morgan fingerprint density at radius 3 is 2.00 bits per heavy atom. The Hall–Kier alpha value is -1.43. The van der Waals surface area contributed by atoms with Crippen molar-refractivity contribution in [3.63, 3.8) is 0 Å². The van der Waals surface area contributed by atoms with Gasteiger partial charge in [0, 0.05) is 44.9 Å². The van der Waals surface area contributed by atoms with E-state index >= 15 is 0 Å². The number of ether oxygens (including phenoxy) is 1. The molecule has 30 heavy (non-hydrogen) atoms. The number of hydrogen-bond acceptors (Lipinski definition) is 4. The number of amides is 2. The Balaban J connectivity index is -0.000000444. The summed E-state index contributed by atoms with van der Waals surface area (Å²) >= 11 is 0. The number of primary amides is 1. The van der Waals surface area contributed by atoms with Crippen LogP contribution in [-0.4, -0.2) is 37.4 Å². The molecule has 0 unspecified atom stereocenters. The predicted octanol–water partition coefficient (Wildman–Crippen LogP) is 5.17. The molecule has 6 nitrogen and oxygen atoms in total. The summed E-state index contributed by atoms with van der Waals surface area (Å²) in [6.07, 6.45) is 9.94. The summed E-state index contributed by atoms with van der Waals surface area (Å²) < 4.78 is 5.26. The van der Waals surface area contributed by atoms with Crippen LogP contribution >= 0.6 is 0 Å². The second-order valence-electron chi connectivity index (χ2n) is 6.79. The van der Waals surface area contributed by atoms with Gasteiger partial charge in [-0.1, -0.05) is 60.8 Å². The minimum atomic E-state index is -0.360. The van der Waals surface area contributed by atoms with Crippen LogP contribution in [0.15, 0.2) is 0 Å². The first-order valence-electron chi connectivity index (χ1n) is 12.2. The fourth-order valence-electron chi connectivity index (χ4n) is 2.87. The van der Waals surface area contributed by atoms with E-state index in [-0.39, 0.29) is 18.2 Å². The van der Waals surface area contributed by atoms with Gasteiger partial charge in [-0.05, 0) is 32.1 Å². The average Bonchev–Trinajstić information content (AvgIpc) is 2.79. The third-order valence-corrected chi connectivity index (χ3v) is 4.37. The van der Waals surface area contributed by atoms with Crippen LogP contribution < -0.4 is 11.1 Å². The summed E-state index contributed by atoms with van der Waals surface area (Å²) in [5.41, 5.74) is 4.96. The molecule has 6 heteroatoms. The largest absolute Gasteiger partial charge is 0.381 e. The SMILES string of the molecule is CC.CC.CCC(=O)C1CCCCC1.CCCOCCCNC(=O)CCCC(N)=O. The van der Waals surface area contributed by atoms with Crippen molar-refractivity contribution in [3.05, 3.63) is 0 Å². The number of rotatable bonds is 12. The van der Waals surface area contributed by atoms with Crippen molar-refractivity contribution in [2.45, 2.75) is 112 Å². The zero-order valence-electron chi connectivity index (χ0n) is 20.7. The highest BCUT2D eigenvalue weighted by atomic mass is 16.5. The van der Waals surface area contributed by atoms with Gasteiger partial charge in [-0.25, -0.2) is 0 Å². The smallest absolute Gasteiger partial charge is 0.220 e. The van der Waals surface area contributed by atoms with E-state index in [4.69, 9.17) is 10.5 Å². The number of hydrogen-bond donors (Lipinski definition) is 2. The molecular weight excluding hydrogens is 380 g/mol.